The normalized spacial score (nSPS) is 25.6. The topological polar surface area (TPSA) is 34.1 Å². The average molecular weight is 285 g/mol. The third-order valence-corrected chi connectivity index (χ3v) is 3.34. The van der Waals surface area contributed by atoms with Gasteiger partial charge in [0.2, 0.25) is 0 Å². The minimum Gasteiger partial charge on any atom is -0.369 e. The summed E-state index contributed by atoms with van der Waals surface area (Å²) in [6.45, 7) is 4.85. The van der Waals surface area contributed by atoms with E-state index in [1.54, 1.807) is 6.20 Å². The molecule has 1 aliphatic heterocycles. The molecule has 0 saturated carbocycles. The molecule has 0 aliphatic carbocycles. The van der Waals surface area contributed by atoms with Crippen LogP contribution in [0.15, 0.2) is 22.9 Å². The van der Waals surface area contributed by atoms with E-state index in [2.05, 4.69) is 33.2 Å². The van der Waals surface area contributed by atoms with E-state index in [1.807, 2.05) is 12.3 Å². The fraction of sp³-hybridized carbons (Fsp3) is 0.583. The maximum atomic E-state index is 5.99. The molecule has 0 radical (unpaired) electrons. The third-order valence-electron chi connectivity index (χ3n) is 2.91. The second kappa shape index (κ2) is 5.25. The van der Waals surface area contributed by atoms with Crippen LogP contribution in [0.5, 0.6) is 0 Å². The number of halogens is 1. The monoisotopic (exact) mass is 284 g/mol. The Morgan fingerprint density at radius 3 is 3.12 bits per heavy atom. The van der Waals surface area contributed by atoms with Gasteiger partial charge < -0.3 is 10.1 Å². The molecule has 16 heavy (non-hydrogen) atoms. The zero-order valence-corrected chi connectivity index (χ0v) is 11.1. The quantitative estimate of drug-likeness (QED) is 0.926. The van der Waals surface area contributed by atoms with Gasteiger partial charge in [-0.3, -0.25) is 4.98 Å². The van der Waals surface area contributed by atoms with Crippen molar-refractivity contribution in [2.24, 2.45) is 0 Å². The van der Waals surface area contributed by atoms with Crippen LogP contribution in [0.25, 0.3) is 0 Å². The molecule has 0 spiro atoms. The van der Waals surface area contributed by atoms with Crippen LogP contribution in [-0.4, -0.2) is 23.7 Å². The van der Waals surface area contributed by atoms with Gasteiger partial charge in [-0.2, -0.15) is 0 Å². The Balaban J connectivity index is 1.91. The number of rotatable bonds is 3. The van der Waals surface area contributed by atoms with Gasteiger partial charge >= 0.3 is 0 Å². The Morgan fingerprint density at radius 1 is 1.56 bits per heavy atom. The summed E-state index contributed by atoms with van der Waals surface area (Å²) in [6, 6.07) is 2.05. The summed E-state index contributed by atoms with van der Waals surface area (Å²) in [5.74, 6) is 0. The van der Waals surface area contributed by atoms with Crippen molar-refractivity contribution in [3.05, 3.63) is 28.5 Å². The first kappa shape index (κ1) is 12.0. The van der Waals surface area contributed by atoms with E-state index >= 15 is 0 Å². The largest absolute Gasteiger partial charge is 0.369 e. The Morgan fingerprint density at radius 2 is 2.44 bits per heavy atom. The molecule has 1 unspecified atom stereocenters. The molecule has 2 heterocycles. The van der Waals surface area contributed by atoms with Crippen molar-refractivity contribution in [3.63, 3.8) is 0 Å². The molecule has 1 aromatic rings. The highest BCUT2D eigenvalue weighted by Gasteiger charge is 2.27. The first-order valence-corrected chi connectivity index (χ1v) is 6.41. The lowest BCUT2D eigenvalue weighted by atomic mass is 9.96. The molecule has 1 atom stereocenters. The minimum atomic E-state index is -0.0272. The zero-order chi connectivity index (χ0) is 11.4. The zero-order valence-electron chi connectivity index (χ0n) is 9.50. The number of hydrogen-bond acceptors (Lipinski definition) is 3. The Hall–Kier alpha value is -0.450. The van der Waals surface area contributed by atoms with Gasteiger partial charge in [-0.1, -0.05) is 0 Å². The SMILES string of the molecule is CC1(OCc2cncc(Br)c2)CCCNC1. The summed E-state index contributed by atoms with van der Waals surface area (Å²) in [4.78, 5) is 4.13. The van der Waals surface area contributed by atoms with Crippen molar-refractivity contribution in [3.8, 4) is 0 Å². The van der Waals surface area contributed by atoms with Gasteiger partial charge in [-0.25, -0.2) is 0 Å². The minimum absolute atomic E-state index is 0.0272. The summed E-state index contributed by atoms with van der Waals surface area (Å²) in [7, 11) is 0. The first-order valence-electron chi connectivity index (χ1n) is 5.62. The molecular weight excluding hydrogens is 268 g/mol. The average Bonchev–Trinajstić information content (AvgIpc) is 2.28. The predicted molar refractivity (Wildman–Crippen MR) is 67.2 cm³/mol. The number of nitrogens with zero attached hydrogens (tertiary/aromatic N) is 1. The van der Waals surface area contributed by atoms with E-state index in [4.69, 9.17) is 4.74 Å². The maximum absolute atomic E-state index is 5.99. The molecule has 0 bridgehead atoms. The first-order chi connectivity index (χ1) is 7.68. The molecule has 3 nitrogen and oxygen atoms in total. The fourth-order valence-electron chi connectivity index (χ4n) is 1.94. The third kappa shape index (κ3) is 3.27. The molecule has 1 N–H and O–H groups in total. The lowest BCUT2D eigenvalue weighted by Gasteiger charge is -2.34. The van der Waals surface area contributed by atoms with E-state index in [0.29, 0.717) is 6.61 Å². The Labute approximate surface area is 105 Å². The van der Waals surface area contributed by atoms with Crippen molar-refractivity contribution in [2.45, 2.75) is 32.0 Å². The number of piperidine rings is 1. The molecule has 1 aromatic heterocycles. The van der Waals surface area contributed by atoms with Crippen molar-refractivity contribution < 1.29 is 4.74 Å². The smallest absolute Gasteiger partial charge is 0.0783 e. The van der Waals surface area contributed by atoms with Gasteiger partial charge in [0, 0.05) is 23.4 Å². The molecule has 1 saturated heterocycles. The summed E-state index contributed by atoms with van der Waals surface area (Å²) in [5.41, 5.74) is 1.08. The highest BCUT2D eigenvalue weighted by Crippen LogP contribution is 2.22. The predicted octanol–water partition coefficient (Wildman–Crippen LogP) is 2.50. The van der Waals surface area contributed by atoms with E-state index < -0.39 is 0 Å². The van der Waals surface area contributed by atoms with Gasteiger partial charge in [-0.05, 0) is 53.9 Å². The number of hydrogen-bond donors (Lipinski definition) is 1. The van der Waals surface area contributed by atoms with Crippen LogP contribution >= 0.6 is 15.9 Å². The van der Waals surface area contributed by atoms with Crippen LogP contribution in [0.3, 0.4) is 0 Å². The maximum Gasteiger partial charge on any atom is 0.0783 e. The summed E-state index contributed by atoms with van der Waals surface area (Å²) >= 11 is 3.41. The molecule has 1 fully saturated rings. The van der Waals surface area contributed by atoms with Crippen molar-refractivity contribution >= 4 is 15.9 Å². The number of ether oxygens (including phenoxy) is 1. The number of aromatic nitrogens is 1. The molecule has 0 amide bonds. The van der Waals surface area contributed by atoms with Gasteiger partial charge in [-0.15, -0.1) is 0 Å². The molecule has 88 valence electrons. The van der Waals surface area contributed by atoms with Gasteiger partial charge in [0.1, 0.15) is 0 Å². The molecule has 2 rings (SSSR count). The van der Waals surface area contributed by atoms with Crippen molar-refractivity contribution in [2.75, 3.05) is 13.1 Å². The standard InChI is InChI=1S/C12H17BrN2O/c1-12(3-2-4-14-9-12)16-8-10-5-11(13)7-15-6-10/h5-7,14H,2-4,8-9H2,1H3. The second-order valence-corrected chi connectivity index (χ2v) is 5.45. The summed E-state index contributed by atoms with van der Waals surface area (Å²) < 4.78 is 6.99. The molecular formula is C12H17BrN2O. The van der Waals surface area contributed by atoms with Gasteiger partial charge in [0.05, 0.1) is 12.2 Å². The number of pyridine rings is 1. The van der Waals surface area contributed by atoms with Crippen LogP contribution in [0, 0.1) is 0 Å². The lowest BCUT2D eigenvalue weighted by molar-refractivity contribution is -0.0572. The Bertz CT molecular complexity index is 351. The van der Waals surface area contributed by atoms with Crippen LogP contribution in [0.4, 0.5) is 0 Å². The van der Waals surface area contributed by atoms with Crippen LogP contribution in [0.2, 0.25) is 0 Å². The molecule has 4 heteroatoms. The van der Waals surface area contributed by atoms with Crippen LogP contribution < -0.4 is 5.32 Å². The van der Waals surface area contributed by atoms with Crippen molar-refractivity contribution in [1.29, 1.82) is 0 Å². The van der Waals surface area contributed by atoms with E-state index in [1.165, 1.54) is 6.42 Å². The van der Waals surface area contributed by atoms with Gasteiger partial charge in [0.15, 0.2) is 0 Å². The lowest BCUT2D eigenvalue weighted by Crippen LogP contribution is -2.45. The molecule has 0 aromatic carbocycles. The fourth-order valence-corrected chi connectivity index (χ4v) is 2.36. The highest BCUT2D eigenvalue weighted by atomic mass is 79.9. The highest BCUT2D eigenvalue weighted by molar-refractivity contribution is 9.10. The van der Waals surface area contributed by atoms with Gasteiger partial charge in [0.25, 0.3) is 0 Å². The second-order valence-electron chi connectivity index (χ2n) is 4.53. The van der Waals surface area contributed by atoms with Crippen LogP contribution in [-0.2, 0) is 11.3 Å². The molecule has 1 aliphatic rings. The Kier molecular flexibility index (Phi) is 3.95. The summed E-state index contributed by atoms with van der Waals surface area (Å²) in [6.07, 6.45) is 5.95. The van der Waals surface area contributed by atoms with Crippen molar-refractivity contribution in [1.82, 2.24) is 10.3 Å². The number of nitrogens with one attached hydrogen (secondary N) is 1. The summed E-state index contributed by atoms with van der Waals surface area (Å²) in [5, 5.41) is 3.37. The van der Waals surface area contributed by atoms with Crippen LogP contribution in [0.1, 0.15) is 25.3 Å². The van der Waals surface area contributed by atoms with E-state index in [0.717, 1.165) is 29.5 Å². The van der Waals surface area contributed by atoms with E-state index in [9.17, 15) is 0 Å². The van der Waals surface area contributed by atoms with E-state index in [-0.39, 0.29) is 5.60 Å².